The van der Waals surface area contributed by atoms with Gasteiger partial charge in [0.15, 0.2) is 0 Å². The average Bonchev–Trinajstić information content (AvgIpc) is 2.58. The lowest BCUT2D eigenvalue weighted by atomic mass is 9.96. The molecule has 0 spiro atoms. The van der Waals surface area contributed by atoms with Crippen molar-refractivity contribution in [3.63, 3.8) is 0 Å². The molecule has 2 amide bonds. The Morgan fingerprint density at radius 2 is 1.70 bits per heavy atom. The van der Waals surface area contributed by atoms with Crippen LogP contribution in [-0.4, -0.2) is 36.2 Å². The lowest BCUT2D eigenvalue weighted by Crippen LogP contribution is -2.49. The third-order valence-corrected chi connectivity index (χ3v) is 4.78. The molecule has 0 bridgehead atoms. The number of piperidine rings is 1. The zero-order valence-corrected chi connectivity index (χ0v) is 13.5. The van der Waals surface area contributed by atoms with Gasteiger partial charge in [0.2, 0.25) is 0 Å². The molecule has 1 N–H and O–H groups in total. The highest BCUT2D eigenvalue weighted by Gasteiger charge is 2.25. The second kappa shape index (κ2) is 7.66. The summed E-state index contributed by atoms with van der Waals surface area (Å²) in [5.41, 5.74) is 0. The maximum Gasteiger partial charge on any atom is 0.317 e. The van der Waals surface area contributed by atoms with Crippen LogP contribution in [0.1, 0.15) is 44.9 Å². The smallest absolute Gasteiger partial charge is 0.317 e. The van der Waals surface area contributed by atoms with E-state index < -0.39 is 0 Å². The van der Waals surface area contributed by atoms with Gasteiger partial charge >= 0.3 is 6.03 Å². The van der Waals surface area contributed by atoms with Gasteiger partial charge in [-0.2, -0.15) is 0 Å². The summed E-state index contributed by atoms with van der Waals surface area (Å²) < 4.78 is 18.8. The van der Waals surface area contributed by atoms with E-state index in [4.69, 9.17) is 4.74 Å². The lowest BCUT2D eigenvalue weighted by molar-refractivity contribution is 0.109. The number of amides is 2. The van der Waals surface area contributed by atoms with Gasteiger partial charge in [-0.3, -0.25) is 0 Å². The molecular weight excluding hydrogens is 295 g/mol. The van der Waals surface area contributed by atoms with Crippen molar-refractivity contribution >= 4 is 6.03 Å². The third kappa shape index (κ3) is 4.60. The first-order valence-corrected chi connectivity index (χ1v) is 8.68. The van der Waals surface area contributed by atoms with Crippen LogP contribution < -0.4 is 10.1 Å². The molecule has 1 aliphatic heterocycles. The van der Waals surface area contributed by atoms with Crippen molar-refractivity contribution in [2.45, 2.75) is 57.1 Å². The van der Waals surface area contributed by atoms with Crippen molar-refractivity contribution in [2.75, 3.05) is 13.1 Å². The number of carbonyl (C=O) groups is 1. The normalized spacial score (nSPS) is 20.3. The molecule has 1 heterocycles. The van der Waals surface area contributed by atoms with E-state index in [1.54, 1.807) is 12.1 Å². The number of hydrogen-bond acceptors (Lipinski definition) is 2. The quantitative estimate of drug-likeness (QED) is 0.922. The largest absolute Gasteiger partial charge is 0.490 e. The van der Waals surface area contributed by atoms with Gasteiger partial charge in [-0.05, 0) is 37.1 Å². The molecule has 1 aromatic carbocycles. The molecule has 1 saturated heterocycles. The molecular formula is C18H25FN2O2. The van der Waals surface area contributed by atoms with E-state index in [9.17, 15) is 9.18 Å². The third-order valence-electron chi connectivity index (χ3n) is 4.78. The van der Waals surface area contributed by atoms with E-state index in [0.717, 1.165) is 25.7 Å². The van der Waals surface area contributed by atoms with Gasteiger partial charge in [-0.1, -0.05) is 19.3 Å². The second-order valence-electron chi connectivity index (χ2n) is 6.54. The van der Waals surface area contributed by atoms with Gasteiger partial charge in [0.1, 0.15) is 17.7 Å². The van der Waals surface area contributed by atoms with Gasteiger partial charge in [-0.15, -0.1) is 0 Å². The summed E-state index contributed by atoms with van der Waals surface area (Å²) in [6.07, 6.45) is 7.67. The minimum Gasteiger partial charge on any atom is -0.490 e. The van der Waals surface area contributed by atoms with Gasteiger partial charge in [0.05, 0.1) is 0 Å². The molecule has 126 valence electrons. The first kappa shape index (κ1) is 16.1. The number of rotatable bonds is 3. The standard InChI is InChI=1S/C18H25FN2O2/c19-14-6-8-16(9-7-14)23-17-10-12-21(13-11-17)18(22)20-15-4-2-1-3-5-15/h6-9,15,17H,1-5,10-13H2,(H,20,22). The van der Waals surface area contributed by atoms with Crippen molar-refractivity contribution in [2.24, 2.45) is 0 Å². The summed E-state index contributed by atoms with van der Waals surface area (Å²) >= 11 is 0. The fraction of sp³-hybridized carbons (Fsp3) is 0.611. The zero-order chi connectivity index (χ0) is 16.1. The van der Waals surface area contributed by atoms with Crippen molar-refractivity contribution in [1.82, 2.24) is 10.2 Å². The summed E-state index contributed by atoms with van der Waals surface area (Å²) in [4.78, 5) is 14.2. The highest BCUT2D eigenvalue weighted by molar-refractivity contribution is 5.74. The van der Waals surface area contributed by atoms with Crippen LogP contribution in [0.2, 0.25) is 0 Å². The molecule has 0 aromatic heterocycles. The van der Waals surface area contributed by atoms with Crippen LogP contribution >= 0.6 is 0 Å². The predicted molar refractivity (Wildman–Crippen MR) is 87.0 cm³/mol. The molecule has 2 fully saturated rings. The maximum absolute atomic E-state index is 12.9. The van der Waals surface area contributed by atoms with Crippen molar-refractivity contribution in [3.8, 4) is 5.75 Å². The summed E-state index contributed by atoms with van der Waals surface area (Å²) in [6, 6.07) is 6.53. The lowest BCUT2D eigenvalue weighted by Gasteiger charge is -2.34. The van der Waals surface area contributed by atoms with Crippen LogP contribution in [0, 0.1) is 5.82 Å². The minimum atomic E-state index is -0.258. The van der Waals surface area contributed by atoms with E-state index in [2.05, 4.69) is 5.32 Å². The molecule has 5 heteroatoms. The Labute approximate surface area is 137 Å². The number of halogens is 1. The van der Waals surface area contributed by atoms with E-state index >= 15 is 0 Å². The Morgan fingerprint density at radius 3 is 2.35 bits per heavy atom. The maximum atomic E-state index is 12.9. The van der Waals surface area contributed by atoms with Crippen molar-refractivity contribution in [3.05, 3.63) is 30.1 Å². The Balaban J connectivity index is 1.42. The molecule has 3 rings (SSSR count). The fourth-order valence-electron chi connectivity index (χ4n) is 3.40. The highest BCUT2D eigenvalue weighted by atomic mass is 19.1. The van der Waals surface area contributed by atoms with Crippen molar-refractivity contribution < 1.29 is 13.9 Å². The fourth-order valence-corrected chi connectivity index (χ4v) is 3.40. The number of nitrogens with zero attached hydrogens (tertiary/aromatic N) is 1. The molecule has 0 radical (unpaired) electrons. The topological polar surface area (TPSA) is 41.6 Å². The molecule has 2 aliphatic rings. The molecule has 0 atom stereocenters. The molecule has 1 aromatic rings. The van der Waals surface area contributed by atoms with E-state index in [0.29, 0.717) is 24.9 Å². The van der Waals surface area contributed by atoms with E-state index in [1.807, 2.05) is 4.90 Å². The number of ether oxygens (including phenoxy) is 1. The molecule has 4 nitrogen and oxygen atoms in total. The molecule has 23 heavy (non-hydrogen) atoms. The summed E-state index contributed by atoms with van der Waals surface area (Å²) in [7, 11) is 0. The zero-order valence-electron chi connectivity index (χ0n) is 13.5. The summed E-state index contributed by atoms with van der Waals surface area (Å²) in [5.74, 6) is 0.433. The first-order chi connectivity index (χ1) is 11.2. The van der Waals surface area contributed by atoms with Crippen LogP contribution in [0.5, 0.6) is 5.75 Å². The number of urea groups is 1. The van der Waals surface area contributed by atoms with Crippen LogP contribution in [0.15, 0.2) is 24.3 Å². The summed E-state index contributed by atoms with van der Waals surface area (Å²) in [5, 5.41) is 3.16. The van der Waals surface area contributed by atoms with E-state index in [1.165, 1.54) is 31.4 Å². The Morgan fingerprint density at radius 1 is 1.04 bits per heavy atom. The number of likely N-dealkylation sites (tertiary alicyclic amines) is 1. The number of hydrogen-bond donors (Lipinski definition) is 1. The van der Waals surface area contributed by atoms with Crippen LogP contribution in [0.4, 0.5) is 9.18 Å². The Hall–Kier alpha value is -1.78. The average molecular weight is 320 g/mol. The first-order valence-electron chi connectivity index (χ1n) is 8.68. The van der Waals surface area contributed by atoms with Gasteiger partial charge < -0.3 is 15.0 Å². The van der Waals surface area contributed by atoms with Crippen LogP contribution in [-0.2, 0) is 0 Å². The molecule has 1 aliphatic carbocycles. The SMILES string of the molecule is O=C(NC1CCCCC1)N1CCC(Oc2ccc(F)cc2)CC1. The second-order valence-corrected chi connectivity index (χ2v) is 6.54. The molecule has 0 unspecified atom stereocenters. The van der Waals surface area contributed by atoms with Gasteiger partial charge in [0.25, 0.3) is 0 Å². The Bertz CT molecular complexity index is 506. The minimum absolute atomic E-state index is 0.0668. The number of benzene rings is 1. The van der Waals surface area contributed by atoms with Gasteiger partial charge in [-0.25, -0.2) is 9.18 Å². The predicted octanol–water partition coefficient (Wildman–Crippen LogP) is 3.71. The van der Waals surface area contributed by atoms with Crippen molar-refractivity contribution in [1.29, 1.82) is 0 Å². The van der Waals surface area contributed by atoms with E-state index in [-0.39, 0.29) is 18.0 Å². The summed E-state index contributed by atoms with van der Waals surface area (Å²) in [6.45, 7) is 1.43. The Kier molecular flexibility index (Phi) is 5.36. The van der Waals surface area contributed by atoms with Crippen LogP contribution in [0.3, 0.4) is 0 Å². The monoisotopic (exact) mass is 320 g/mol. The number of nitrogens with one attached hydrogen (secondary N) is 1. The molecule has 1 saturated carbocycles. The van der Waals surface area contributed by atoms with Gasteiger partial charge in [0, 0.05) is 32.0 Å². The number of carbonyl (C=O) groups excluding carboxylic acids is 1. The highest BCUT2D eigenvalue weighted by Crippen LogP contribution is 2.21. The van der Waals surface area contributed by atoms with Crippen LogP contribution in [0.25, 0.3) is 0 Å².